The molecule has 0 radical (unpaired) electrons. The van der Waals surface area contributed by atoms with Gasteiger partial charge in [-0.05, 0) is 29.8 Å². The van der Waals surface area contributed by atoms with E-state index in [4.69, 9.17) is 16.3 Å². The fourth-order valence-corrected chi connectivity index (χ4v) is 4.13. The molecule has 1 fully saturated rings. The second-order valence-electron chi connectivity index (χ2n) is 7.89. The van der Waals surface area contributed by atoms with E-state index in [0.717, 1.165) is 22.4 Å². The van der Waals surface area contributed by atoms with Gasteiger partial charge in [0.2, 0.25) is 0 Å². The Hall–Kier alpha value is -3.65. The molecule has 1 saturated heterocycles. The highest BCUT2D eigenvalue weighted by Gasteiger charge is 2.26. The van der Waals surface area contributed by atoms with Gasteiger partial charge in [-0.25, -0.2) is 9.97 Å². The van der Waals surface area contributed by atoms with Gasteiger partial charge in [-0.2, -0.15) is 5.10 Å². The van der Waals surface area contributed by atoms with Crippen LogP contribution in [0.4, 0.5) is 5.82 Å². The Morgan fingerprint density at radius 2 is 1.79 bits per heavy atom. The normalized spacial score (nSPS) is 14.0. The summed E-state index contributed by atoms with van der Waals surface area (Å²) >= 11 is 5.96. The molecule has 33 heavy (non-hydrogen) atoms. The fraction of sp³-hybridized carbons (Fsp3) is 0.250. The predicted molar refractivity (Wildman–Crippen MR) is 127 cm³/mol. The van der Waals surface area contributed by atoms with E-state index in [2.05, 4.69) is 20.0 Å². The number of hydrogen-bond acceptors (Lipinski definition) is 6. The third-order valence-electron chi connectivity index (χ3n) is 5.80. The SMILES string of the molecule is Cn1ncc2c(N3CCN(C(=O)c4ccccc4OCc4ccc(Cl)cc4)CC3)ncnc21. The molecule has 1 amide bonds. The number of carbonyl (C=O) groups is 1. The first-order chi connectivity index (χ1) is 16.1. The van der Waals surface area contributed by atoms with E-state index in [-0.39, 0.29) is 5.91 Å². The number of amides is 1. The van der Waals surface area contributed by atoms with Crippen LogP contribution in [0.3, 0.4) is 0 Å². The minimum absolute atomic E-state index is 0.0319. The summed E-state index contributed by atoms with van der Waals surface area (Å²) in [6.07, 6.45) is 3.35. The molecule has 0 spiro atoms. The Morgan fingerprint density at radius 1 is 1.03 bits per heavy atom. The fourth-order valence-electron chi connectivity index (χ4n) is 4.00. The largest absolute Gasteiger partial charge is 0.488 e. The number of rotatable bonds is 5. The number of halogens is 1. The van der Waals surface area contributed by atoms with Crippen LogP contribution in [0.1, 0.15) is 15.9 Å². The standard InChI is InChI=1S/C24H23ClN6O2/c1-29-22-20(14-28-29)23(27-16-26-22)30-10-12-31(13-11-30)24(32)19-4-2-3-5-21(19)33-15-17-6-8-18(25)9-7-17/h2-9,14,16H,10-13,15H2,1H3. The molecule has 1 aliphatic rings. The monoisotopic (exact) mass is 462 g/mol. The molecule has 0 aliphatic carbocycles. The Kier molecular flexibility index (Phi) is 5.83. The number of carbonyl (C=O) groups excluding carboxylic acids is 1. The predicted octanol–water partition coefficient (Wildman–Crippen LogP) is 3.56. The smallest absolute Gasteiger partial charge is 0.257 e. The second-order valence-corrected chi connectivity index (χ2v) is 8.33. The summed E-state index contributed by atoms with van der Waals surface area (Å²) in [6.45, 7) is 2.91. The van der Waals surface area contributed by atoms with E-state index < -0.39 is 0 Å². The highest BCUT2D eigenvalue weighted by Crippen LogP contribution is 2.25. The Bertz CT molecular complexity index is 1280. The van der Waals surface area contributed by atoms with Crippen LogP contribution < -0.4 is 9.64 Å². The molecule has 2 aromatic heterocycles. The molecular weight excluding hydrogens is 440 g/mol. The minimum atomic E-state index is -0.0319. The average molecular weight is 463 g/mol. The molecule has 5 rings (SSSR count). The van der Waals surface area contributed by atoms with E-state index >= 15 is 0 Å². The van der Waals surface area contributed by atoms with Gasteiger partial charge in [0.1, 0.15) is 24.5 Å². The van der Waals surface area contributed by atoms with Crippen LogP contribution in [-0.2, 0) is 13.7 Å². The zero-order valence-corrected chi connectivity index (χ0v) is 18.9. The maximum absolute atomic E-state index is 13.3. The lowest BCUT2D eigenvalue weighted by atomic mass is 10.1. The molecule has 0 bridgehead atoms. The molecule has 0 atom stereocenters. The van der Waals surface area contributed by atoms with Crippen molar-refractivity contribution < 1.29 is 9.53 Å². The zero-order valence-electron chi connectivity index (χ0n) is 18.2. The van der Waals surface area contributed by atoms with E-state index in [1.165, 1.54) is 0 Å². The number of benzene rings is 2. The molecule has 0 unspecified atom stereocenters. The molecular formula is C24H23ClN6O2. The van der Waals surface area contributed by atoms with Crippen LogP contribution in [-0.4, -0.2) is 56.7 Å². The summed E-state index contributed by atoms with van der Waals surface area (Å²) in [7, 11) is 1.86. The molecule has 9 heteroatoms. The summed E-state index contributed by atoms with van der Waals surface area (Å²) in [4.78, 5) is 26.1. The molecule has 2 aromatic carbocycles. The van der Waals surface area contributed by atoms with E-state index in [1.54, 1.807) is 17.2 Å². The zero-order chi connectivity index (χ0) is 22.8. The van der Waals surface area contributed by atoms with Gasteiger partial charge in [0.15, 0.2) is 5.65 Å². The number of fused-ring (bicyclic) bond motifs is 1. The van der Waals surface area contributed by atoms with Crippen molar-refractivity contribution in [2.24, 2.45) is 7.05 Å². The molecule has 168 valence electrons. The molecule has 3 heterocycles. The molecule has 8 nitrogen and oxygen atoms in total. The minimum Gasteiger partial charge on any atom is -0.488 e. The molecule has 1 aliphatic heterocycles. The lowest BCUT2D eigenvalue weighted by Gasteiger charge is -2.35. The third-order valence-corrected chi connectivity index (χ3v) is 6.05. The highest BCUT2D eigenvalue weighted by molar-refractivity contribution is 6.30. The number of aryl methyl sites for hydroxylation is 1. The number of aromatic nitrogens is 4. The van der Waals surface area contributed by atoms with Crippen LogP contribution in [0.2, 0.25) is 5.02 Å². The first kappa shape index (κ1) is 21.2. The maximum atomic E-state index is 13.3. The third kappa shape index (κ3) is 4.34. The first-order valence-corrected chi connectivity index (χ1v) is 11.1. The van der Waals surface area contributed by atoms with Gasteiger partial charge in [-0.1, -0.05) is 35.9 Å². The molecule has 0 N–H and O–H groups in total. The van der Waals surface area contributed by atoms with Gasteiger partial charge in [0.05, 0.1) is 17.1 Å². The van der Waals surface area contributed by atoms with Crippen molar-refractivity contribution in [2.75, 3.05) is 31.1 Å². The number of piperazine rings is 1. The van der Waals surface area contributed by atoms with Gasteiger partial charge in [-0.15, -0.1) is 0 Å². The highest BCUT2D eigenvalue weighted by atomic mass is 35.5. The number of hydrogen-bond donors (Lipinski definition) is 0. The Morgan fingerprint density at radius 3 is 2.58 bits per heavy atom. The lowest BCUT2D eigenvalue weighted by Crippen LogP contribution is -2.49. The van der Waals surface area contributed by atoms with Gasteiger partial charge in [0, 0.05) is 38.2 Å². The lowest BCUT2D eigenvalue weighted by molar-refractivity contribution is 0.0741. The number of anilines is 1. The number of nitrogens with zero attached hydrogens (tertiary/aromatic N) is 6. The van der Waals surface area contributed by atoms with Gasteiger partial charge in [0.25, 0.3) is 5.91 Å². The summed E-state index contributed by atoms with van der Waals surface area (Å²) in [6, 6.07) is 14.9. The first-order valence-electron chi connectivity index (χ1n) is 10.7. The van der Waals surface area contributed by atoms with Crippen molar-refractivity contribution in [1.29, 1.82) is 0 Å². The number of ether oxygens (including phenoxy) is 1. The van der Waals surface area contributed by atoms with Gasteiger partial charge >= 0.3 is 0 Å². The van der Waals surface area contributed by atoms with Crippen molar-refractivity contribution in [3.63, 3.8) is 0 Å². The van der Waals surface area contributed by atoms with Crippen molar-refractivity contribution in [3.8, 4) is 5.75 Å². The van der Waals surface area contributed by atoms with E-state index in [0.29, 0.717) is 49.1 Å². The van der Waals surface area contributed by atoms with Crippen LogP contribution in [0.5, 0.6) is 5.75 Å². The topological polar surface area (TPSA) is 76.4 Å². The quantitative estimate of drug-likeness (QED) is 0.451. The van der Waals surface area contributed by atoms with Gasteiger partial charge < -0.3 is 14.5 Å². The molecule has 4 aromatic rings. The summed E-state index contributed by atoms with van der Waals surface area (Å²) < 4.78 is 7.73. The Labute approximate surface area is 196 Å². The van der Waals surface area contributed by atoms with E-state index in [9.17, 15) is 4.79 Å². The van der Waals surface area contributed by atoms with Crippen LogP contribution in [0.15, 0.2) is 61.1 Å². The second kappa shape index (κ2) is 9.07. The summed E-state index contributed by atoms with van der Waals surface area (Å²) in [5.41, 5.74) is 2.35. The summed E-state index contributed by atoms with van der Waals surface area (Å²) in [5.74, 6) is 1.40. The van der Waals surface area contributed by atoms with Crippen LogP contribution >= 0.6 is 11.6 Å². The van der Waals surface area contributed by atoms with Crippen molar-refractivity contribution in [2.45, 2.75) is 6.61 Å². The van der Waals surface area contributed by atoms with E-state index in [1.807, 2.05) is 60.5 Å². The molecule has 0 saturated carbocycles. The van der Waals surface area contributed by atoms with Crippen LogP contribution in [0.25, 0.3) is 11.0 Å². The van der Waals surface area contributed by atoms with Gasteiger partial charge in [-0.3, -0.25) is 9.48 Å². The van der Waals surface area contributed by atoms with Crippen molar-refractivity contribution in [3.05, 3.63) is 77.2 Å². The van der Waals surface area contributed by atoms with Crippen molar-refractivity contribution in [1.82, 2.24) is 24.6 Å². The van der Waals surface area contributed by atoms with Crippen LogP contribution in [0, 0.1) is 0 Å². The number of para-hydroxylation sites is 1. The Balaban J connectivity index is 1.27. The van der Waals surface area contributed by atoms with Crippen molar-refractivity contribution >= 4 is 34.4 Å². The maximum Gasteiger partial charge on any atom is 0.257 e. The average Bonchev–Trinajstić information content (AvgIpc) is 3.24. The summed E-state index contributed by atoms with van der Waals surface area (Å²) in [5, 5.41) is 5.89.